The molecular weight excluding hydrogens is 284 g/mol. The van der Waals surface area contributed by atoms with Crippen molar-refractivity contribution in [3.63, 3.8) is 0 Å². The molecule has 0 aliphatic carbocycles. The van der Waals surface area contributed by atoms with Crippen LogP contribution in [0.25, 0.3) is 0 Å². The fraction of sp³-hybridized carbons (Fsp3) is 0.235. The number of hydrogen-bond acceptors (Lipinski definition) is 3. The summed E-state index contributed by atoms with van der Waals surface area (Å²) < 4.78 is 5.76. The van der Waals surface area contributed by atoms with E-state index in [2.05, 4.69) is 6.07 Å². The minimum atomic E-state index is -0.0580. The summed E-state index contributed by atoms with van der Waals surface area (Å²) in [5.74, 6) is 0.629. The summed E-state index contributed by atoms with van der Waals surface area (Å²) in [4.78, 5) is 0. The number of aryl methyl sites for hydroxylation is 1. The molecule has 0 bridgehead atoms. The molecule has 0 spiro atoms. The number of nitrogens with zero attached hydrogens (tertiary/aromatic N) is 1. The van der Waals surface area contributed by atoms with Crippen molar-refractivity contribution >= 4 is 11.6 Å². The largest absolute Gasteiger partial charge is 0.487 e. The van der Waals surface area contributed by atoms with Gasteiger partial charge in [-0.05, 0) is 54.8 Å². The Kier molecular flexibility index (Phi) is 4.85. The van der Waals surface area contributed by atoms with E-state index in [-0.39, 0.29) is 6.04 Å². The van der Waals surface area contributed by atoms with Crippen molar-refractivity contribution in [3.8, 4) is 11.8 Å². The summed E-state index contributed by atoms with van der Waals surface area (Å²) >= 11 is 6.20. The number of hydrogen-bond donors (Lipinski definition) is 1. The molecule has 0 amide bonds. The van der Waals surface area contributed by atoms with Crippen LogP contribution in [-0.2, 0) is 6.61 Å². The predicted octanol–water partition coefficient (Wildman–Crippen LogP) is 4.12. The lowest BCUT2D eigenvalue weighted by molar-refractivity contribution is 0.305. The molecule has 2 rings (SSSR count). The summed E-state index contributed by atoms with van der Waals surface area (Å²) in [6.45, 7) is 4.28. The van der Waals surface area contributed by atoms with Crippen LogP contribution < -0.4 is 10.5 Å². The maximum absolute atomic E-state index is 8.86. The van der Waals surface area contributed by atoms with Gasteiger partial charge in [-0.1, -0.05) is 23.7 Å². The molecule has 3 nitrogen and oxygen atoms in total. The molecule has 2 N–H and O–H groups in total. The highest BCUT2D eigenvalue weighted by Crippen LogP contribution is 2.28. The summed E-state index contributed by atoms with van der Waals surface area (Å²) in [5, 5.41) is 9.41. The van der Waals surface area contributed by atoms with E-state index in [4.69, 9.17) is 27.3 Å². The minimum Gasteiger partial charge on any atom is -0.487 e. The van der Waals surface area contributed by atoms with Crippen LogP contribution in [-0.4, -0.2) is 0 Å². The van der Waals surface area contributed by atoms with Gasteiger partial charge in [0, 0.05) is 6.04 Å². The number of nitrogens with two attached hydrogens (primary N) is 1. The zero-order valence-corrected chi connectivity index (χ0v) is 12.8. The van der Waals surface area contributed by atoms with E-state index in [9.17, 15) is 0 Å². The lowest BCUT2D eigenvalue weighted by atomic mass is 10.1. The van der Waals surface area contributed by atoms with Crippen LogP contribution >= 0.6 is 11.6 Å². The lowest BCUT2D eigenvalue weighted by Gasteiger charge is -2.12. The van der Waals surface area contributed by atoms with Crippen molar-refractivity contribution in [2.75, 3.05) is 0 Å². The van der Waals surface area contributed by atoms with Crippen LogP contribution in [0.3, 0.4) is 0 Å². The number of rotatable bonds is 4. The standard InChI is InChI=1S/C17H17ClN2O/c1-11-7-13(9-19)3-4-15(11)10-21-17-6-5-14(12(2)20)8-16(17)18/h3-8,12H,10,20H2,1-2H3/t12-/m1/s1. The Hall–Kier alpha value is -2.02. The average Bonchev–Trinajstić information content (AvgIpc) is 2.46. The predicted molar refractivity (Wildman–Crippen MR) is 84.3 cm³/mol. The highest BCUT2D eigenvalue weighted by atomic mass is 35.5. The Labute approximate surface area is 129 Å². The smallest absolute Gasteiger partial charge is 0.138 e. The molecule has 0 saturated heterocycles. The quantitative estimate of drug-likeness (QED) is 0.924. The third-order valence-electron chi connectivity index (χ3n) is 3.34. The van der Waals surface area contributed by atoms with Gasteiger partial charge in [0.2, 0.25) is 0 Å². The highest BCUT2D eigenvalue weighted by Gasteiger charge is 2.07. The molecule has 108 valence electrons. The van der Waals surface area contributed by atoms with Crippen LogP contribution in [0.2, 0.25) is 5.02 Å². The first-order valence-electron chi connectivity index (χ1n) is 6.68. The van der Waals surface area contributed by atoms with Gasteiger partial charge in [0.05, 0.1) is 16.7 Å². The Bertz CT molecular complexity index is 690. The first kappa shape index (κ1) is 15.4. The van der Waals surface area contributed by atoms with E-state index in [0.717, 1.165) is 16.7 Å². The van der Waals surface area contributed by atoms with Gasteiger partial charge < -0.3 is 10.5 Å². The molecular formula is C17H17ClN2O. The van der Waals surface area contributed by atoms with E-state index in [1.54, 1.807) is 6.07 Å². The minimum absolute atomic E-state index is 0.0580. The summed E-state index contributed by atoms with van der Waals surface area (Å²) in [5.41, 5.74) is 9.50. The molecule has 0 radical (unpaired) electrons. The molecule has 0 saturated carbocycles. The van der Waals surface area contributed by atoms with E-state index in [1.807, 2.05) is 44.2 Å². The maximum atomic E-state index is 8.86. The molecule has 0 aromatic heterocycles. The summed E-state index contributed by atoms with van der Waals surface area (Å²) in [6, 6.07) is 13.2. The summed E-state index contributed by atoms with van der Waals surface area (Å²) in [6.07, 6.45) is 0. The fourth-order valence-corrected chi connectivity index (χ4v) is 2.24. The van der Waals surface area contributed by atoms with Crippen molar-refractivity contribution in [2.45, 2.75) is 26.5 Å². The number of ether oxygens (including phenoxy) is 1. The Balaban J connectivity index is 2.12. The molecule has 21 heavy (non-hydrogen) atoms. The first-order chi connectivity index (χ1) is 10.0. The first-order valence-corrected chi connectivity index (χ1v) is 7.06. The number of nitriles is 1. The monoisotopic (exact) mass is 300 g/mol. The molecule has 2 aromatic carbocycles. The zero-order valence-electron chi connectivity index (χ0n) is 12.1. The molecule has 0 unspecified atom stereocenters. The maximum Gasteiger partial charge on any atom is 0.138 e. The topological polar surface area (TPSA) is 59.0 Å². The average molecular weight is 301 g/mol. The molecule has 4 heteroatoms. The van der Waals surface area contributed by atoms with Gasteiger partial charge in [0.15, 0.2) is 0 Å². The third kappa shape index (κ3) is 3.75. The number of halogens is 1. The van der Waals surface area contributed by atoms with Crippen molar-refractivity contribution in [2.24, 2.45) is 5.73 Å². The lowest BCUT2D eigenvalue weighted by Crippen LogP contribution is -2.05. The van der Waals surface area contributed by atoms with Gasteiger partial charge in [-0.25, -0.2) is 0 Å². The Morgan fingerprint density at radius 3 is 2.62 bits per heavy atom. The fourth-order valence-electron chi connectivity index (χ4n) is 2.00. The normalized spacial score (nSPS) is 11.8. The van der Waals surface area contributed by atoms with E-state index < -0.39 is 0 Å². The molecule has 2 aromatic rings. The van der Waals surface area contributed by atoms with Crippen molar-refractivity contribution in [1.82, 2.24) is 0 Å². The van der Waals surface area contributed by atoms with Gasteiger partial charge in [0.25, 0.3) is 0 Å². The second-order valence-electron chi connectivity index (χ2n) is 5.02. The summed E-state index contributed by atoms with van der Waals surface area (Å²) in [7, 11) is 0. The second kappa shape index (κ2) is 6.62. The Morgan fingerprint density at radius 1 is 1.29 bits per heavy atom. The van der Waals surface area contributed by atoms with Crippen molar-refractivity contribution < 1.29 is 4.74 Å². The van der Waals surface area contributed by atoms with Crippen molar-refractivity contribution in [3.05, 3.63) is 63.7 Å². The van der Waals surface area contributed by atoms with E-state index in [0.29, 0.717) is 22.9 Å². The van der Waals surface area contributed by atoms with Gasteiger partial charge in [-0.2, -0.15) is 5.26 Å². The molecule has 0 fully saturated rings. The van der Waals surface area contributed by atoms with Gasteiger partial charge >= 0.3 is 0 Å². The van der Waals surface area contributed by atoms with Crippen LogP contribution in [0.4, 0.5) is 0 Å². The molecule has 0 aliphatic rings. The van der Waals surface area contributed by atoms with Crippen molar-refractivity contribution in [1.29, 1.82) is 5.26 Å². The third-order valence-corrected chi connectivity index (χ3v) is 3.63. The molecule has 1 atom stereocenters. The molecule has 0 aliphatic heterocycles. The Morgan fingerprint density at radius 2 is 2.05 bits per heavy atom. The zero-order chi connectivity index (χ0) is 15.4. The SMILES string of the molecule is Cc1cc(C#N)ccc1COc1ccc([C@@H](C)N)cc1Cl. The van der Waals surface area contributed by atoms with Gasteiger partial charge in [0.1, 0.15) is 12.4 Å². The highest BCUT2D eigenvalue weighted by molar-refractivity contribution is 6.32. The van der Waals surface area contributed by atoms with E-state index >= 15 is 0 Å². The number of benzene rings is 2. The van der Waals surface area contributed by atoms with Crippen LogP contribution in [0, 0.1) is 18.3 Å². The second-order valence-corrected chi connectivity index (χ2v) is 5.43. The van der Waals surface area contributed by atoms with Crippen LogP contribution in [0.15, 0.2) is 36.4 Å². The van der Waals surface area contributed by atoms with Gasteiger partial charge in [-0.3, -0.25) is 0 Å². The van der Waals surface area contributed by atoms with Crippen LogP contribution in [0.5, 0.6) is 5.75 Å². The van der Waals surface area contributed by atoms with Crippen LogP contribution in [0.1, 0.15) is 35.2 Å². The van der Waals surface area contributed by atoms with Gasteiger partial charge in [-0.15, -0.1) is 0 Å². The molecule has 0 heterocycles. The van der Waals surface area contributed by atoms with E-state index in [1.165, 1.54) is 0 Å².